The van der Waals surface area contributed by atoms with E-state index in [1.165, 1.54) is 30.4 Å². The maximum Gasteiger partial charge on any atom is 0.122 e. The first-order valence-electron chi connectivity index (χ1n) is 6.49. The normalized spacial score (nSPS) is 23.9. The molecule has 0 aliphatic heterocycles. The van der Waals surface area contributed by atoms with E-state index in [1.54, 1.807) is 7.11 Å². The Morgan fingerprint density at radius 2 is 2.06 bits per heavy atom. The van der Waals surface area contributed by atoms with Gasteiger partial charge in [0, 0.05) is 6.61 Å². The van der Waals surface area contributed by atoms with E-state index >= 15 is 0 Å². The van der Waals surface area contributed by atoms with Gasteiger partial charge in [-0.2, -0.15) is 0 Å². The molecule has 1 N–H and O–H groups in total. The lowest BCUT2D eigenvalue weighted by Crippen LogP contribution is -2.15. The van der Waals surface area contributed by atoms with Crippen molar-refractivity contribution < 1.29 is 9.84 Å². The second-order valence-corrected chi connectivity index (χ2v) is 5.08. The Morgan fingerprint density at radius 3 is 2.76 bits per heavy atom. The molecule has 1 aliphatic rings. The lowest BCUT2D eigenvalue weighted by Gasteiger charge is -2.19. The van der Waals surface area contributed by atoms with Crippen molar-refractivity contribution in [3.05, 3.63) is 29.3 Å². The summed E-state index contributed by atoms with van der Waals surface area (Å²) < 4.78 is 5.35. The minimum Gasteiger partial charge on any atom is -0.496 e. The zero-order valence-corrected chi connectivity index (χ0v) is 10.8. The van der Waals surface area contributed by atoms with Crippen LogP contribution in [0.2, 0.25) is 0 Å². The van der Waals surface area contributed by atoms with Crippen LogP contribution in [-0.2, 0) is 6.42 Å². The third kappa shape index (κ3) is 2.63. The molecule has 2 unspecified atom stereocenters. The number of hydrogen-bond acceptors (Lipinski definition) is 2. The number of hydrogen-bond donors (Lipinski definition) is 1. The van der Waals surface area contributed by atoms with Gasteiger partial charge in [0.1, 0.15) is 5.75 Å². The summed E-state index contributed by atoms with van der Waals surface area (Å²) in [5, 5.41) is 9.36. The van der Waals surface area contributed by atoms with Crippen LogP contribution in [0.15, 0.2) is 18.2 Å². The molecule has 2 nitrogen and oxygen atoms in total. The van der Waals surface area contributed by atoms with E-state index in [9.17, 15) is 5.11 Å². The molecule has 1 aromatic carbocycles. The molecule has 1 aliphatic carbocycles. The second kappa shape index (κ2) is 5.54. The maximum atomic E-state index is 9.36. The summed E-state index contributed by atoms with van der Waals surface area (Å²) in [4.78, 5) is 0. The minimum atomic E-state index is 0.341. The molecular weight excluding hydrogens is 212 g/mol. The molecule has 0 saturated heterocycles. The van der Waals surface area contributed by atoms with Gasteiger partial charge in [0.05, 0.1) is 7.11 Å². The van der Waals surface area contributed by atoms with E-state index in [0.717, 1.165) is 12.2 Å². The van der Waals surface area contributed by atoms with E-state index in [1.807, 2.05) is 6.07 Å². The molecule has 17 heavy (non-hydrogen) atoms. The predicted molar refractivity (Wildman–Crippen MR) is 69.4 cm³/mol. The van der Waals surface area contributed by atoms with Crippen molar-refractivity contribution in [2.75, 3.05) is 13.7 Å². The second-order valence-electron chi connectivity index (χ2n) is 5.08. The Labute approximate surface area is 104 Å². The number of aliphatic hydroxyl groups excluding tert-OH is 1. The van der Waals surface area contributed by atoms with Gasteiger partial charge in [0.15, 0.2) is 0 Å². The first-order chi connectivity index (χ1) is 8.26. The third-order valence-electron chi connectivity index (χ3n) is 4.15. The number of rotatable bonds is 4. The lowest BCUT2D eigenvalue weighted by molar-refractivity contribution is 0.194. The van der Waals surface area contributed by atoms with Gasteiger partial charge in [0.25, 0.3) is 0 Å². The molecule has 2 heteroatoms. The van der Waals surface area contributed by atoms with Gasteiger partial charge < -0.3 is 9.84 Å². The van der Waals surface area contributed by atoms with Crippen LogP contribution in [0.3, 0.4) is 0 Å². The molecule has 0 amide bonds. The van der Waals surface area contributed by atoms with Crippen molar-refractivity contribution in [1.29, 1.82) is 0 Å². The van der Waals surface area contributed by atoms with Crippen molar-refractivity contribution in [2.45, 2.75) is 32.6 Å². The molecule has 2 rings (SSSR count). The fourth-order valence-corrected chi connectivity index (χ4v) is 3.01. The molecule has 0 bridgehead atoms. The Bertz CT molecular complexity index is 373. The molecule has 0 heterocycles. The molecule has 0 spiro atoms. The van der Waals surface area contributed by atoms with Gasteiger partial charge >= 0.3 is 0 Å². The van der Waals surface area contributed by atoms with Crippen molar-refractivity contribution in [3.8, 4) is 5.75 Å². The van der Waals surface area contributed by atoms with E-state index in [4.69, 9.17) is 4.74 Å². The summed E-state index contributed by atoms with van der Waals surface area (Å²) in [6.07, 6.45) is 4.78. The van der Waals surface area contributed by atoms with Crippen molar-refractivity contribution in [1.82, 2.24) is 0 Å². The highest BCUT2D eigenvalue weighted by Gasteiger charge is 2.27. The lowest BCUT2D eigenvalue weighted by atomic mass is 9.88. The molecule has 94 valence electrons. The Hall–Kier alpha value is -1.02. The van der Waals surface area contributed by atoms with Crippen LogP contribution >= 0.6 is 0 Å². The topological polar surface area (TPSA) is 29.5 Å². The van der Waals surface area contributed by atoms with Gasteiger partial charge in [-0.3, -0.25) is 0 Å². The van der Waals surface area contributed by atoms with Crippen LogP contribution in [0.5, 0.6) is 5.75 Å². The van der Waals surface area contributed by atoms with Gasteiger partial charge in [-0.1, -0.05) is 18.6 Å². The molecule has 1 aromatic rings. The van der Waals surface area contributed by atoms with E-state index in [-0.39, 0.29) is 0 Å². The minimum absolute atomic E-state index is 0.341. The summed E-state index contributed by atoms with van der Waals surface area (Å²) in [6, 6.07) is 6.26. The third-order valence-corrected chi connectivity index (χ3v) is 4.15. The van der Waals surface area contributed by atoms with Gasteiger partial charge in [0.2, 0.25) is 0 Å². The monoisotopic (exact) mass is 234 g/mol. The number of methoxy groups -OCH3 is 1. The molecule has 1 saturated carbocycles. The summed E-state index contributed by atoms with van der Waals surface area (Å²) in [5.74, 6) is 2.12. The molecule has 0 aromatic heterocycles. The highest BCUT2D eigenvalue weighted by Crippen LogP contribution is 2.35. The van der Waals surface area contributed by atoms with Crippen LogP contribution in [-0.4, -0.2) is 18.8 Å². The Morgan fingerprint density at radius 1 is 1.29 bits per heavy atom. The largest absolute Gasteiger partial charge is 0.496 e. The van der Waals surface area contributed by atoms with Gasteiger partial charge in [-0.05, 0) is 55.2 Å². The summed E-state index contributed by atoms with van der Waals surface area (Å²) >= 11 is 0. The van der Waals surface area contributed by atoms with Crippen LogP contribution in [0.4, 0.5) is 0 Å². The first kappa shape index (κ1) is 12.4. The van der Waals surface area contributed by atoms with Gasteiger partial charge in [-0.15, -0.1) is 0 Å². The highest BCUT2D eigenvalue weighted by molar-refractivity contribution is 5.39. The number of ether oxygens (including phenoxy) is 1. The van der Waals surface area contributed by atoms with Crippen LogP contribution < -0.4 is 4.74 Å². The molecule has 0 radical (unpaired) electrons. The summed E-state index contributed by atoms with van der Waals surface area (Å²) in [5.41, 5.74) is 2.62. The highest BCUT2D eigenvalue weighted by atomic mass is 16.5. The van der Waals surface area contributed by atoms with E-state index in [0.29, 0.717) is 18.4 Å². The van der Waals surface area contributed by atoms with E-state index in [2.05, 4.69) is 19.1 Å². The average molecular weight is 234 g/mol. The molecule has 1 fully saturated rings. The number of benzene rings is 1. The van der Waals surface area contributed by atoms with Crippen molar-refractivity contribution in [3.63, 3.8) is 0 Å². The van der Waals surface area contributed by atoms with Crippen LogP contribution in [0.1, 0.15) is 30.4 Å². The van der Waals surface area contributed by atoms with E-state index < -0.39 is 0 Å². The zero-order valence-electron chi connectivity index (χ0n) is 10.8. The summed E-state index contributed by atoms with van der Waals surface area (Å²) in [7, 11) is 1.72. The first-order valence-corrected chi connectivity index (χ1v) is 6.49. The van der Waals surface area contributed by atoms with Crippen molar-refractivity contribution >= 4 is 0 Å². The van der Waals surface area contributed by atoms with Crippen molar-refractivity contribution in [2.24, 2.45) is 11.8 Å². The Kier molecular flexibility index (Phi) is 4.06. The van der Waals surface area contributed by atoms with Gasteiger partial charge in [-0.25, -0.2) is 0 Å². The standard InChI is InChI=1S/C15H22O2/c1-11-12(5-4-8-15(11)17-2)9-13-6-3-7-14(13)10-16/h4-5,8,13-14,16H,3,6-7,9-10H2,1-2H3. The fourth-order valence-electron chi connectivity index (χ4n) is 3.01. The predicted octanol–water partition coefficient (Wildman–Crippen LogP) is 2.95. The number of aliphatic hydroxyl groups is 1. The SMILES string of the molecule is COc1cccc(CC2CCCC2CO)c1C. The zero-order chi connectivity index (χ0) is 12.3. The Balaban J connectivity index is 2.13. The van der Waals surface area contributed by atoms with Crippen LogP contribution in [0, 0.1) is 18.8 Å². The fraction of sp³-hybridized carbons (Fsp3) is 0.600. The smallest absolute Gasteiger partial charge is 0.122 e. The average Bonchev–Trinajstić information content (AvgIpc) is 2.79. The molecular formula is C15H22O2. The maximum absolute atomic E-state index is 9.36. The summed E-state index contributed by atoms with van der Waals surface area (Å²) in [6.45, 7) is 2.46. The molecule has 2 atom stereocenters. The quantitative estimate of drug-likeness (QED) is 0.868. The van der Waals surface area contributed by atoms with Crippen LogP contribution in [0.25, 0.3) is 0 Å².